The van der Waals surface area contributed by atoms with Crippen LogP contribution in [0.1, 0.15) is 41.6 Å². The minimum atomic E-state index is -0.871. The van der Waals surface area contributed by atoms with Crippen molar-refractivity contribution in [3.8, 4) is 5.75 Å². The maximum Gasteiger partial charge on any atom is 0.235 e. The Balaban J connectivity index is 1.39. The fourth-order valence-corrected chi connectivity index (χ4v) is 5.28. The molecule has 0 aliphatic carbocycles. The number of carbonyl (C=O) groups is 1. The maximum absolute atomic E-state index is 14.2. The van der Waals surface area contributed by atoms with Gasteiger partial charge in [-0.3, -0.25) is 9.69 Å². The second-order valence-electron chi connectivity index (χ2n) is 10.4. The van der Waals surface area contributed by atoms with Crippen molar-refractivity contribution < 1.29 is 14.6 Å². The van der Waals surface area contributed by atoms with Crippen LogP contribution in [0.2, 0.25) is 0 Å². The summed E-state index contributed by atoms with van der Waals surface area (Å²) in [7, 11) is 0. The van der Waals surface area contributed by atoms with Crippen molar-refractivity contribution in [3.05, 3.63) is 138 Å². The van der Waals surface area contributed by atoms with Gasteiger partial charge in [-0.05, 0) is 47.7 Å². The molecule has 2 atom stereocenters. The van der Waals surface area contributed by atoms with Gasteiger partial charge < -0.3 is 15.2 Å². The molecule has 1 amide bonds. The number of hydrogen-bond donors (Lipinski definition) is 2. The van der Waals surface area contributed by atoms with E-state index in [2.05, 4.69) is 10.2 Å². The van der Waals surface area contributed by atoms with Gasteiger partial charge in [-0.15, -0.1) is 0 Å². The lowest BCUT2D eigenvalue weighted by atomic mass is 9.75. The molecular formula is C34H36N2O3. The Morgan fingerprint density at radius 1 is 0.897 bits per heavy atom. The van der Waals surface area contributed by atoms with Crippen LogP contribution in [0, 0.1) is 0 Å². The van der Waals surface area contributed by atoms with E-state index in [1.165, 1.54) is 0 Å². The minimum Gasteiger partial charge on any atom is -0.489 e. The fourth-order valence-electron chi connectivity index (χ4n) is 5.28. The highest BCUT2D eigenvalue weighted by atomic mass is 16.5. The van der Waals surface area contributed by atoms with Crippen molar-refractivity contribution in [2.75, 3.05) is 19.6 Å². The van der Waals surface area contributed by atoms with Crippen LogP contribution >= 0.6 is 0 Å². The first-order chi connectivity index (χ1) is 19.0. The molecule has 0 saturated carbocycles. The van der Waals surface area contributed by atoms with Crippen LogP contribution in [0.3, 0.4) is 0 Å². The summed E-state index contributed by atoms with van der Waals surface area (Å²) < 4.78 is 5.99. The topological polar surface area (TPSA) is 61.8 Å². The van der Waals surface area contributed by atoms with Gasteiger partial charge in [0.2, 0.25) is 5.91 Å². The second kappa shape index (κ2) is 12.3. The Morgan fingerprint density at radius 3 is 2.00 bits per heavy atom. The van der Waals surface area contributed by atoms with Gasteiger partial charge in [0, 0.05) is 19.6 Å². The summed E-state index contributed by atoms with van der Waals surface area (Å²) in [6.07, 6.45) is 0.424. The number of β-amino-alcohol motifs (C(OH)–C–C–N with tert-alkyl or cyclic N) is 1. The predicted octanol–water partition coefficient (Wildman–Crippen LogP) is 5.50. The Kier molecular flexibility index (Phi) is 8.40. The van der Waals surface area contributed by atoms with E-state index in [0.29, 0.717) is 19.7 Å². The number of likely N-dealkylation sites (tertiary alicyclic amines) is 1. The largest absolute Gasteiger partial charge is 0.489 e. The average molecular weight is 521 g/mol. The van der Waals surface area contributed by atoms with Crippen LogP contribution < -0.4 is 10.1 Å². The number of ether oxygens (including phenoxy) is 1. The van der Waals surface area contributed by atoms with Gasteiger partial charge in [0.25, 0.3) is 0 Å². The molecule has 1 aliphatic heterocycles. The lowest BCUT2D eigenvalue weighted by Crippen LogP contribution is -2.47. The Morgan fingerprint density at radius 2 is 1.46 bits per heavy atom. The van der Waals surface area contributed by atoms with Crippen LogP contribution in [0.5, 0.6) is 5.75 Å². The zero-order chi connectivity index (χ0) is 27.1. The van der Waals surface area contributed by atoms with Crippen LogP contribution in [0.25, 0.3) is 0 Å². The van der Waals surface area contributed by atoms with Crippen molar-refractivity contribution >= 4 is 5.91 Å². The quantitative estimate of drug-likeness (QED) is 0.290. The smallest absolute Gasteiger partial charge is 0.235 e. The number of nitrogens with one attached hydrogen (secondary N) is 1. The molecule has 200 valence electrons. The highest BCUT2D eigenvalue weighted by molar-refractivity contribution is 5.92. The van der Waals surface area contributed by atoms with Gasteiger partial charge in [0.15, 0.2) is 0 Å². The Hall–Kier alpha value is -3.93. The fraction of sp³-hybridized carbons (Fsp3) is 0.265. The van der Waals surface area contributed by atoms with E-state index in [9.17, 15) is 9.90 Å². The average Bonchev–Trinajstić information content (AvgIpc) is 3.41. The van der Waals surface area contributed by atoms with Crippen molar-refractivity contribution in [1.29, 1.82) is 0 Å². The van der Waals surface area contributed by atoms with Crippen LogP contribution in [-0.4, -0.2) is 41.7 Å². The molecule has 0 radical (unpaired) electrons. The van der Waals surface area contributed by atoms with Crippen LogP contribution in [0.4, 0.5) is 0 Å². The number of amides is 1. The number of rotatable bonds is 10. The third-order valence-corrected chi connectivity index (χ3v) is 7.68. The number of aliphatic hydroxyl groups is 1. The summed E-state index contributed by atoms with van der Waals surface area (Å²) in [4.78, 5) is 16.4. The van der Waals surface area contributed by atoms with Crippen molar-refractivity contribution in [2.24, 2.45) is 0 Å². The predicted molar refractivity (Wildman–Crippen MR) is 155 cm³/mol. The van der Waals surface area contributed by atoms with E-state index in [1.54, 1.807) is 0 Å². The molecule has 0 spiro atoms. The highest BCUT2D eigenvalue weighted by Crippen LogP contribution is 2.33. The van der Waals surface area contributed by atoms with Gasteiger partial charge >= 0.3 is 0 Å². The molecule has 5 heteroatoms. The normalized spacial score (nSPS) is 16.5. The molecule has 5 nitrogen and oxygen atoms in total. The Labute approximate surface area is 231 Å². The molecule has 0 aromatic heterocycles. The number of benzene rings is 4. The third-order valence-electron chi connectivity index (χ3n) is 7.68. The molecule has 2 N–H and O–H groups in total. The first-order valence-electron chi connectivity index (χ1n) is 13.6. The monoisotopic (exact) mass is 520 g/mol. The molecule has 1 saturated heterocycles. The zero-order valence-corrected chi connectivity index (χ0v) is 22.4. The van der Waals surface area contributed by atoms with Crippen LogP contribution in [-0.2, 0) is 16.8 Å². The van der Waals surface area contributed by atoms with Gasteiger partial charge in [-0.2, -0.15) is 0 Å². The summed E-state index contributed by atoms with van der Waals surface area (Å²) in [5.41, 5.74) is 3.12. The molecule has 39 heavy (non-hydrogen) atoms. The summed E-state index contributed by atoms with van der Waals surface area (Å²) >= 11 is 0. The van der Waals surface area contributed by atoms with E-state index in [4.69, 9.17) is 4.74 Å². The summed E-state index contributed by atoms with van der Waals surface area (Å²) in [5.74, 6) is 0.719. The molecule has 5 rings (SSSR count). The molecule has 1 unspecified atom stereocenters. The second-order valence-corrected chi connectivity index (χ2v) is 10.4. The Bertz CT molecular complexity index is 1290. The van der Waals surface area contributed by atoms with Gasteiger partial charge in [-0.1, -0.05) is 103 Å². The highest BCUT2D eigenvalue weighted by Gasteiger charge is 2.38. The molecule has 1 heterocycles. The lowest BCUT2D eigenvalue weighted by Gasteiger charge is -2.33. The molecule has 0 bridgehead atoms. The van der Waals surface area contributed by atoms with E-state index in [1.807, 2.05) is 122 Å². The first-order valence-corrected chi connectivity index (χ1v) is 13.6. The van der Waals surface area contributed by atoms with Crippen molar-refractivity contribution in [3.63, 3.8) is 0 Å². The molecule has 4 aromatic carbocycles. The van der Waals surface area contributed by atoms with E-state index < -0.39 is 5.41 Å². The minimum absolute atomic E-state index is 0.0611. The third kappa shape index (κ3) is 6.39. The van der Waals surface area contributed by atoms with Crippen molar-refractivity contribution in [2.45, 2.75) is 37.5 Å². The maximum atomic E-state index is 14.2. The SMILES string of the molecule is CC(C(=O)N[C@H](CN1CCC(O)C1)c1ccc(OCc2ccccc2)cc1)(c1ccccc1)c1ccccc1. The van der Waals surface area contributed by atoms with Gasteiger partial charge in [0.1, 0.15) is 12.4 Å². The van der Waals surface area contributed by atoms with E-state index in [-0.39, 0.29) is 18.1 Å². The van der Waals surface area contributed by atoms with Crippen molar-refractivity contribution in [1.82, 2.24) is 10.2 Å². The van der Waals surface area contributed by atoms with E-state index >= 15 is 0 Å². The number of nitrogens with zero attached hydrogens (tertiary/aromatic N) is 1. The lowest BCUT2D eigenvalue weighted by molar-refractivity contribution is -0.125. The van der Waals surface area contributed by atoms with Gasteiger partial charge in [0.05, 0.1) is 17.6 Å². The molecular weight excluding hydrogens is 484 g/mol. The summed E-state index contributed by atoms with van der Waals surface area (Å²) in [6, 6.07) is 37.7. The number of carbonyl (C=O) groups excluding carboxylic acids is 1. The van der Waals surface area contributed by atoms with Crippen LogP contribution in [0.15, 0.2) is 115 Å². The molecule has 1 fully saturated rings. The molecule has 1 aliphatic rings. The summed E-state index contributed by atoms with van der Waals surface area (Å²) in [5, 5.41) is 13.5. The summed E-state index contributed by atoms with van der Waals surface area (Å²) in [6.45, 7) is 4.52. The standard InChI is InChI=1S/C34H36N2O3/c1-34(28-13-7-3-8-14-28,29-15-9-4-10-16-29)33(38)35-32(24-36-22-21-30(37)23-36)27-17-19-31(20-18-27)39-25-26-11-5-2-6-12-26/h2-20,30,32,37H,21-25H2,1H3,(H,35,38)/t30?,32-/m1/s1. The van der Waals surface area contributed by atoms with Gasteiger partial charge in [-0.25, -0.2) is 0 Å². The number of aliphatic hydroxyl groups excluding tert-OH is 1. The van der Waals surface area contributed by atoms with E-state index in [0.717, 1.165) is 41.0 Å². The first kappa shape index (κ1) is 26.7. The zero-order valence-electron chi connectivity index (χ0n) is 22.4. The number of hydrogen-bond acceptors (Lipinski definition) is 4. The molecule has 4 aromatic rings.